The summed E-state index contributed by atoms with van der Waals surface area (Å²) in [6, 6.07) is 18.3. The normalized spacial score (nSPS) is 11.2. The Kier molecular flexibility index (Phi) is 2.33. The van der Waals surface area contributed by atoms with E-state index in [0.717, 1.165) is 33.5 Å². The third-order valence-corrected chi connectivity index (χ3v) is 3.55. The van der Waals surface area contributed by atoms with Gasteiger partial charge in [-0.15, -0.1) is 0 Å². The van der Waals surface area contributed by atoms with Gasteiger partial charge in [-0.25, -0.2) is 9.97 Å². The van der Waals surface area contributed by atoms with Gasteiger partial charge >= 0.3 is 0 Å². The van der Waals surface area contributed by atoms with Crippen molar-refractivity contribution in [2.24, 2.45) is 0 Å². The average Bonchev–Trinajstić information content (AvgIpc) is 2.91. The minimum Gasteiger partial charge on any atom is -0.337 e. The third-order valence-electron chi connectivity index (χ3n) is 3.55. The SMILES string of the molecule is Cc1cccc2ccc(-c3nc4ccccc4[nH]3)nc12. The van der Waals surface area contributed by atoms with Crippen LogP contribution in [0.25, 0.3) is 33.5 Å². The lowest BCUT2D eigenvalue weighted by Gasteiger charge is -2.03. The van der Waals surface area contributed by atoms with Crippen LogP contribution in [0.3, 0.4) is 0 Å². The number of hydrogen-bond acceptors (Lipinski definition) is 2. The Bertz CT molecular complexity index is 889. The standard InChI is InChI=1S/C17H13N3/c1-11-5-4-6-12-9-10-15(18-16(11)12)17-19-13-7-2-3-8-14(13)20-17/h2-10H,1H3,(H,19,20). The fourth-order valence-corrected chi connectivity index (χ4v) is 2.50. The lowest BCUT2D eigenvalue weighted by atomic mass is 10.1. The van der Waals surface area contributed by atoms with Gasteiger partial charge < -0.3 is 4.98 Å². The maximum absolute atomic E-state index is 4.75. The maximum atomic E-state index is 4.75. The molecule has 20 heavy (non-hydrogen) atoms. The Hall–Kier alpha value is -2.68. The molecule has 0 radical (unpaired) electrons. The summed E-state index contributed by atoms with van der Waals surface area (Å²) >= 11 is 0. The van der Waals surface area contributed by atoms with Crippen molar-refractivity contribution in [2.45, 2.75) is 6.92 Å². The van der Waals surface area contributed by atoms with Gasteiger partial charge in [-0.05, 0) is 30.7 Å². The van der Waals surface area contributed by atoms with Crippen LogP contribution in [0.15, 0.2) is 54.6 Å². The van der Waals surface area contributed by atoms with Gasteiger partial charge in [0.15, 0.2) is 5.82 Å². The van der Waals surface area contributed by atoms with Gasteiger partial charge in [0.05, 0.1) is 16.6 Å². The number of fused-ring (bicyclic) bond motifs is 2. The number of benzene rings is 2. The fraction of sp³-hybridized carbons (Fsp3) is 0.0588. The number of pyridine rings is 1. The molecule has 1 N–H and O–H groups in total. The molecular weight excluding hydrogens is 246 g/mol. The lowest BCUT2D eigenvalue weighted by Crippen LogP contribution is -1.89. The number of H-pyrrole nitrogens is 1. The molecule has 0 aliphatic heterocycles. The molecule has 0 saturated carbocycles. The largest absolute Gasteiger partial charge is 0.337 e. The Morgan fingerprint density at radius 2 is 1.75 bits per heavy atom. The van der Waals surface area contributed by atoms with Crippen molar-refractivity contribution >= 4 is 21.9 Å². The van der Waals surface area contributed by atoms with Crippen molar-refractivity contribution in [2.75, 3.05) is 0 Å². The maximum Gasteiger partial charge on any atom is 0.157 e. The zero-order valence-electron chi connectivity index (χ0n) is 11.1. The lowest BCUT2D eigenvalue weighted by molar-refractivity contribution is 1.26. The van der Waals surface area contributed by atoms with Crippen molar-refractivity contribution in [1.29, 1.82) is 0 Å². The first-order valence-corrected chi connectivity index (χ1v) is 6.63. The molecule has 2 heterocycles. The number of rotatable bonds is 1. The van der Waals surface area contributed by atoms with Crippen LogP contribution in [0.5, 0.6) is 0 Å². The zero-order valence-corrected chi connectivity index (χ0v) is 11.1. The van der Waals surface area contributed by atoms with Crippen LogP contribution in [0.2, 0.25) is 0 Å². The van der Waals surface area contributed by atoms with Gasteiger partial charge in [-0.2, -0.15) is 0 Å². The molecule has 96 valence electrons. The predicted octanol–water partition coefficient (Wildman–Crippen LogP) is 4.09. The molecule has 0 aliphatic rings. The molecule has 0 amide bonds. The van der Waals surface area contributed by atoms with E-state index < -0.39 is 0 Å². The number of nitrogens with zero attached hydrogens (tertiary/aromatic N) is 2. The van der Waals surface area contributed by atoms with E-state index >= 15 is 0 Å². The second-order valence-electron chi connectivity index (χ2n) is 4.95. The molecule has 4 rings (SSSR count). The molecule has 0 fully saturated rings. The van der Waals surface area contributed by atoms with Crippen molar-refractivity contribution in [1.82, 2.24) is 15.0 Å². The van der Waals surface area contributed by atoms with Crippen LogP contribution in [0.1, 0.15) is 5.56 Å². The van der Waals surface area contributed by atoms with Crippen LogP contribution < -0.4 is 0 Å². The monoisotopic (exact) mass is 259 g/mol. The minimum atomic E-state index is 0.816. The Labute approximate surface area is 116 Å². The summed E-state index contributed by atoms with van der Waals surface area (Å²) in [7, 11) is 0. The number of hydrogen-bond donors (Lipinski definition) is 1. The van der Waals surface area contributed by atoms with Crippen LogP contribution >= 0.6 is 0 Å². The molecule has 0 aliphatic carbocycles. The van der Waals surface area contributed by atoms with Crippen molar-refractivity contribution in [3.8, 4) is 11.5 Å². The van der Waals surface area contributed by atoms with Gasteiger partial charge in [0.25, 0.3) is 0 Å². The fourth-order valence-electron chi connectivity index (χ4n) is 2.50. The van der Waals surface area contributed by atoms with Gasteiger partial charge in [0, 0.05) is 5.39 Å². The van der Waals surface area contributed by atoms with Crippen LogP contribution in [-0.4, -0.2) is 15.0 Å². The second-order valence-corrected chi connectivity index (χ2v) is 4.95. The smallest absolute Gasteiger partial charge is 0.157 e. The molecular formula is C17H13N3. The molecule has 0 bridgehead atoms. The molecule has 0 saturated heterocycles. The highest BCUT2D eigenvalue weighted by Crippen LogP contribution is 2.23. The van der Waals surface area contributed by atoms with Gasteiger partial charge in [-0.3, -0.25) is 0 Å². The Morgan fingerprint density at radius 3 is 2.65 bits per heavy atom. The van der Waals surface area contributed by atoms with Crippen molar-refractivity contribution < 1.29 is 0 Å². The molecule has 4 aromatic rings. The average molecular weight is 259 g/mol. The van der Waals surface area contributed by atoms with E-state index in [4.69, 9.17) is 4.98 Å². The number of aromatic nitrogens is 3. The summed E-state index contributed by atoms with van der Waals surface area (Å²) in [6.07, 6.45) is 0. The van der Waals surface area contributed by atoms with E-state index in [0.29, 0.717) is 0 Å². The van der Waals surface area contributed by atoms with E-state index in [1.165, 1.54) is 5.56 Å². The van der Waals surface area contributed by atoms with E-state index in [-0.39, 0.29) is 0 Å². The van der Waals surface area contributed by atoms with Gasteiger partial charge in [-0.1, -0.05) is 36.4 Å². The van der Waals surface area contributed by atoms with Crippen LogP contribution in [-0.2, 0) is 0 Å². The quantitative estimate of drug-likeness (QED) is 0.559. The number of aryl methyl sites for hydroxylation is 1. The summed E-state index contributed by atoms with van der Waals surface area (Å²) in [6.45, 7) is 2.08. The first-order valence-electron chi connectivity index (χ1n) is 6.63. The van der Waals surface area contributed by atoms with E-state index in [9.17, 15) is 0 Å². The summed E-state index contributed by atoms with van der Waals surface area (Å²) in [5.74, 6) is 0.816. The molecule has 0 atom stereocenters. The van der Waals surface area contributed by atoms with Crippen molar-refractivity contribution in [3.63, 3.8) is 0 Å². The summed E-state index contributed by atoms with van der Waals surface area (Å²) in [5, 5.41) is 1.16. The third kappa shape index (κ3) is 1.67. The highest BCUT2D eigenvalue weighted by atomic mass is 14.9. The number of imidazole rings is 1. The Morgan fingerprint density at radius 1 is 0.850 bits per heavy atom. The molecule has 2 aromatic heterocycles. The number of nitrogens with one attached hydrogen (secondary N) is 1. The molecule has 0 unspecified atom stereocenters. The second kappa shape index (κ2) is 4.17. The number of aromatic amines is 1. The molecule has 3 nitrogen and oxygen atoms in total. The highest BCUT2D eigenvalue weighted by molar-refractivity contribution is 5.85. The Balaban J connectivity index is 1.95. The first-order chi connectivity index (χ1) is 9.81. The predicted molar refractivity (Wildman–Crippen MR) is 81.6 cm³/mol. The summed E-state index contributed by atoms with van der Waals surface area (Å²) in [4.78, 5) is 12.7. The van der Waals surface area contributed by atoms with Crippen molar-refractivity contribution in [3.05, 3.63) is 60.2 Å². The van der Waals surface area contributed by atoms with E-state index in [2.05, 4.69) is 41.2 Å². The number of para-hydroxylation sites is 3. The molecule has 0 spiro atoms. The highest BCUT2D eigenvalue weighted by Gasteiger charge is 2.07. The van der Waals surface area contributed by atoms with Gasteiger partial charge in [0.2, 0.25) is 0 Å². The van der Waals surface area contributed by atoms with Crippen LogP contribution in [0.4, 0.5) is 0 Å². The van der Waals surface area contributed by atoms with Gasteiger partial charge in [0.1, 0.15) is 5.69 Å². The van der Waals surface area contributed by atoms with E-state index in [1.807, 2.05) is 30.3 Å². The van der Waals surface area contributed by atoms with E-state index in [1.54, 1.807) is 0 Å². The molecule has 2 aromatic carbocycles. The molecule has 3 heteroatoms. The first kappa shape index (κ1) is 11.2. The minimum absolute atomic E-state index is 0.816. The summed E-state index contributed by atoms with van der Waals surface area (Å²) < 4.78 is 0. The topological polar surface area (TPSA) is 41.6 Å². The zero-order chi connectivity index (χ0) is 13.5. The van der Waals surface area contributed by atoms with Crippen LogP contribution in [0, 0.1) is 6.92 Å². The summed E-state index contributed by atoms with van der Waals surface area (Å²) in [5.41, 5.74) is 5.09.